The fourth-order valence-electron chi connectivity index (χ4n) is 4.31. The first-order valence-electron chi connectivity index (χ1n) is 8.45. The lowest BCUT2D eigenvalue weighted by Crippen LogP contribution is -2.68. The van der Waals surface area contributed by atoms with E-state index in [0.29, 0.717) is 0 Å². The first-order chi connectivity index (χ1) is 11.7. The van der Waals surface area contributed by atoms with Crippen LogP contribution in [-0.2, 0) is 11.3 Å². The molecule has 3 heterocycles. The molecule has 0 aromatic heterocycles. The summed E-state index contributed by atoms with van der Waals surface area (Å²) in [5.41, 5.74) is 2.49. The summed E-state index contributed by atoms with van der Waals surface area (Å²) < 4.78 is 0. The van der Waals surface area contributed by atoms with Gasteiger partial charge in [-0.1, -0.05) is 42.5 Å². The number of carbonyl (C=O) groups excluding carboxylic acids is 1. The molecule has 3 fully saturated rings. The molecule has 1 aromatic rings. The number of nitrogens with zero attached hydrogens (tertiary/aromatic N) is 3. The summed E-state index contributed by atoms with van der Waals surface area (Å²) in [4.78, 5) is 19.4. The van der Waals surface area contributed by atoms with Crippen molar-refractivity contribution in [3.8, 4) is 0 Å². The van der Waals surface area contributed by atoms with Gasteiger partial charge in [0, 0.05) is 19.3 Å². The second-order valence-electron chi connectivity index (χ2n) is 6.84. The lowest BCUT2D eigenvalue weighted by atomic mass is 10.1. The topological polar surface area (TPSA) is 50.9 Å². The quantitative estimate of drug-likeness (QED) is 0.816. The van der Waals surface area contributed by atoms with Gasteiger partial charge >= 0.3 is 0 Å². The predicted molar refractivity (Wildman–Crippen MR) is 90.1 cm³/mol. The first kappa shape index (κ1) is 14.2. The van der Waals surface area contributed by atoms with Crippen molar-refractivity contribution in [3.05, 3.63) is 59.8 Å². The summed E-state index contributed by atoms with van der Waals surface area (Å²) in [5, 5.41) is 7.09. The standard InChI is InChI=1S/C18H21N5O/c1-21-17(24)15-16(23-14-9-5-8-13(14)20-18(21)23)19-11-22(15)10-12-6-3-2-4-7-12/h2-9,13,15-16,18-20H,10-11H2,1H3/t13?,15-,16?,18?/m0/s1. The summed E-state index contributed by atoms with van der Waals surface area (Å²) in [5.74, 6) is 0.180. The highest BCUT2D eigenvalue weighted by atomic mass is 16.2. The zero-order valence-corrected chi connectivity index (χ0v) is 13.6. The normalized spacial score (nSPS) is 34.4. The maximum absolute atomic E-state index is 13.0. The second-order valence-corrected chi connectivity index (χ2v) is 6.84. The molecule has 0 radical (unpaired) electrons. The molecule has 0 spiro atoms. The number of benzene rings is 1. The van der Waals surface area contributed by atoms with Crippen molar-refractivity contribution in [3.63, 3.8) is 0 Å². The Hall–Kier alpha value is -2.15. The van der Waals surface area contributed by atoms with Crippen molar-refractivity contribution in [1.29, 1.82) is 0 Å². The van der Waals surface area contributed by atoms with Gasteiger partial charge in [0.2, 0.25) is 5.91 Å². The average molecular weight is 323 g/mol. The summed E-state index contributed by atoms with van der Waals surface area (Å²) in [6.07, 6.45) is 6.35. The van der Waals surface area contributed by atoms with E-state index in [1.54, 1.807) is 0 Å². The van der Waals surface area contributed by atoms with Crippen molar-refractivity contribution in [2.75, 3.05) is 13.7 Å². The molecule has 0 saturated carbocycles. The van der Waals surface area contributed by atoms with E-state index < -0.39 is 0 Å². The van der Waals surface area contributed by atoms with E-state index in [1.807, 2.05) is 30.1 Å². The Morgan fingerprint density at radius 2 is 2.08 bits per heavy atom. The number of hydrogen-bond acceptors (Lipinski definition) is 5. The fourth-order valence-corrected chi connectivity index (χ4v) is 4.31. The molecule has 1 aliphatic carbocycles. The molecule has 6 heteroatoms. The van der Waals surface area contributed by atoms with Gasteiger partial charge in [0.15, 0.2) is 6.29 Å². The first-order valence-corrected chi connectivity index (χ1v) is 8.45. The molecule has 5 rings (SSSR count). The number of carbonyl (C=O) groups is 1. The van der Waals surface area contributed by atoms with Gasteiger partial charge in [0.1, 0.15) is 12.2 Å². The number of nitrogens with one attached hydrogen (secondary N) is 2. The van der Waals surface area contributed by atoms with Crippen molar-refractivity contribution < 1.29 is 4.79 Å². The van der Waals surface area contributed by atoms with Crippen LogP contribution in [0, 0.1) is 0 Å². The molecular weight excluding hydrogens is 302 g/mol. The lowest BCUT2D eigenvalue weighted by molar-refractivity contribution is -0.150. The number of amides is 1. The van der Waals surface area contributed by atoms with Crippen LogP contribution in [0.3, 0.4) is 0 Å². The highest BCUT2D eigenvalue weighted by Gasteiger charge is 2.55. The maximum atomic E-state index is 13.0. The SMILES string of the molecule is CN1C(=O)[C@@H]2C(NCN2Cc2ccccc2)N2C3=CC=CC3NC12. The zero-order valence-electron chi connectivity index (χ0n) is 13.6. The Labute approximate surface area is 141 Å². The van der Waals surface area contributed by atoms with Crippen LogP contribution in [0.2, 0.25) is 0 Å². The zero-order chi connectivity index (χ0) is 16.3. The van der Waals surface area contributed by atoms with Gasteiger partial charge < -0.3 is 9.80 Å². The smallest absolute Gasteiger partial charge is 0.245 e. The number of fused-ring (bicyclic) bond motifs is 5. The Kier molecular flexibility index (Phi) is 3.06. The van der Waals surface area contributed by atoms with Crippen LogP contribution >= 0.6 is 0 Å². The van der Waals surface area contributed by atoms with Crippen molar-refractivity contribution >= 4 is 5.91 Å². The van der Waals surface area contributed by atoms with Gasteiger partial charge in [-0.25, -0.2) is 0 Å². The third-order valence-electron chi connectivity index (χ3n) is 5.47. The molecule has 124 valence electrons. The molecule has 24 heavy (non-hydrogen) atoms. The van der Waals surface area contributed by atoms with Crippen LogP contribution in [0.5, 0.6) is 0 Å². The van der Waals surface area contributed by atoms with E-state index in [0.717, 1.165) is 13.2 Å². The lowest BCUT2D eigenvalue weighted by Gasteiger charge is -2.46. The molecule has 4 atom stereocenters. The molecule has 1 aromatic carbocycles. The molecule has 2 N–H and O–H groups in total. The largest absolute Gasteiger partial charge is 0.323 e. The van der Waals surface area contributed by atoms with Gasteiger partial charge in [0.25, 0.3) is 0 Å². The Morgan fingerprint density at radius 1 is 1.25 bits per heavy atom. The van der Waals surface area contributed by atoms with Gasteiger partial charge in [-0.2, -0.15) is 0 Å². The van der Waals surface area contributed by atoms with E-state index in [1.165, 1.54) is 11.3 Å². The summed E-state index contributed by atoms with van der Waals surface area (Å²) in [6, 6.07) is 10.4. The summed E-state index contributed by atoms with van der Waals surface area (Å²) in [6.45, 7) is 1.50. The second kappa shape index (κ2) is 5.17. The van der Waals surface area contributed by atoms with E-state index in [-0.39, 0.29) is 30.4 Å². The Balaban J connectivity index is 1.45. The number of rotatable bonds is 2. The maximum Gasteiger partial charge on any atom is 0.245 e. The van der Waals surface area contributed by atoms with Crippen molar-refractivity contribution in [2.45, 2.75) is 31.1 Å². The van der Waals surface area contributed by atoms with Gasteiger partial charge in [0.05, 0.1) is 12.7 Å². The minimum atomic E-state index is -0.159. The van der Waals surface area contributed by atoms with E-state index in [2.05, 4.69) is 50.8 Å². The third kappa shape index (κ3) is 1.90. The van der Waals surface area contributed by atoms with Crippen LogP contribution in [0.25, 0.3) is 0 Å². The van der Waals surface area contributed by atoms with Crippen LogP contribution in [0.1, 0.15) is 5.56 Å². The van der Waals surface area contributed by atoms with Gasteiger partial charge in [-0.3, -0.25) is 20.3 Å². The molecule has 3 aliphatic heterocycles. The average Bonchev–Trinajstić information content (AvgIpc) is 3.27. The molecular formula is C18H21N5O. The molecule has 0 bridgehead atoms. The third-order valence-corrected chi connectivity index (χ3v) is 5.47. The summed E-state index contributed by atoms with van der Waals surface area (Å²) >= 11 is 0. The fraction of sp³-hybridized carbons (Fsp3) is 0.389. The molecule has 4 aliphatic rings. The monoisotopic (exact) mass is 323 g/mol. The van der Waals surface area contributed by atoms with Crippen LogP contribution in [0.4, 0.5) is 0 Å². The predicted octanol–water partition coefficient (Wildman–Crippen LogP) is 0.227. The molecule has 3 unspecified atom stereocenters. The van der Waals surface area contributed by atoms with E-state index in [9.17, 15) is 4.79 Å². The van der Waals surface area contributed by atoms with E-state index >= 15 is 0 Å². The molecule has 3 saturated heterocycles. The minimum Gasteiger partial charge on any atom is -0.323 e. The van der Waals surface area contributed by atoms with Crippen LogP contribution < -0.4 is 10.6 Å². The van der Waals surface area contributed by atoms with E-state index in [4.69, 9.17) is 0 Å². The highest BCUT2D eigenvalue weighted by molar-refractivity contribution is 5.84. The number of allylic oxidation sites excluding steroid dienone is 2. The van der Waals surface area contributed by atoms with Gasteiger partial charge in [-0.05, 0) is 11.6 Å². The van der Waals surface area contributed by atoms with Gasteiger partial charge in [-0.15, -0.1) is 0 Å². The highest BCUT2D eigenvalue weighted by Crippen LogP contribution is 2.36. The number of likely N-dealkylation sites (N-methyl/N-ethyl adjacent to an activating group) is 1. The minimum absolute atomic E-state index is 0.0195. The van der Waals surface area contributed by atoms with Crippen molar-refractivity contribution in [1.82, 2.24) is 25.3 Å². The Bertz CT molecular complexity index is 730. The van der Waals surface area contributed by atoms with Crippen molar-refractivity contribution in [2.24, 2.45) is 0 Å². The number of hydrogen-bond donors (Lipinski definition) is 2. The Morgan fingerprint density at radius 3 is 2.92 bits per heavy atom. The molecule has 1 amide bonds. The van der Waals surface area contributed by atoms with Crippen LogP contribution in [-0.4, -0.2) is 58.9 Å². The summed E-state index contributed by atoms with van der Waals surface area (Å²) in [7, 11) is 1.90. The molecule has 6 nitrogen and oxygen atoms in total. The van der Waals surface area contributed by atoms with Crippen LogP contribution in [0.15, 0.2) is 54.3 Å².